The van der Waals surface area contributed by atoms with Crippen LogP contribution in [0.15, 0.2) is 55.2 Å². The van der Waals surface area contributed by atoms with Crippen LogP contribution < -0.4 is 20.4 Å². The molecule has 2 aliphatic heterocycles. The van der Waals surface area contributed by atoms with Crippen LogP contribution in [0, 0.1) is 28.6 Å². The molecule has 1 saturated carbocycles. The summed E-state index contributed by atoms with van der Waals surface area (Å²) in [4.78, 5) is 44.2. The number of nitrogens with zero attached hydrogens (tertiary/aromatic N) is 13. The normalized spacial score (nSPS) is 20.9. The van der Waals surface area contributed by atoms with Gasteiger partial charge in [0.05, 0.1) is 53.5 Å². The molecule has 2 N–H and O–H groups in total. The van der Waals surface area contributed by atoms with Crippen molar-refractivity contribution in [1.82, 2.24) is 49.9 Å². The maximum Gasteiger partial charge on any atom is 0.328 e. The number of aromatic nitrogens is 8. The lowest BCUT2D eigenvalue weighted by molar-refractivity contribution is -0.120. The van der Waals surface area contributed by atoms with E-state index in [1.54, 1.807) is 45.8 Å². The molecule has 3 fully saturated rings. The maximum atomic E-state index is 12.3. The number of piperazine rings is 1. The van der Waals surface area contributed by atoms with Crippen LogP contribution in [0.1, 0.15) is 76.0 Å². The molecule has 0 bridgehead atoms. The van der Waals surface area contributed by atoms with Gasteiger partial charge in [-0.15, -0.1) is 5.10 Å². The Kier molecular flexibility index (Phi) is 10.7. The Bertz CT molecular complexity index is 2330. The van der Waals surface area contributed by atoms with Crippen molar-refractivity contribution >= 4 is 40.2 Å². The Morgan fingerprint density at radius 1 is 0.982 bits per heavy atom. The summed E-state index contributed by atoms with van der Waals surface area (Å²) in [5.74, 6) is 2.19. The zero-order valence-electron chi connectivity index (χ0n) is 32.1. The van der Waals surface area contributed by atoms with E-state index in [1.165, 1.54) is 12.6 Å². The third-order valence-electron chi connectivity index (χ3n) is 11.5. The summed E-state index contributed by atoms with van der Waals surface area (Å²) in [5, 5.41) is 38.8. The van der Waals surface area contributed by atoms with Crippen LogP contribution in [0.5, 0.6) is 0 Å². The van der Waals surface area contributed by atoms with Crippen molar-refractivity contribution in [3.05, 3.63) is 66.5 Å². The second-order valence-corrected chi connectivity index (χ2v) is 15.1. The van der Waals surface area contributed by atoms with Crippen molar-refractivity contribution in [2.75, 3.05) is 47.8 Å². The first-order chi connectivity index (χ1) is 27.8. The van der Waals surface area contributed by atoms with Crippen LogP contribution in [0.3, 0.4) is 0 Å². The molecule has 8 rings (SSSR count). The molecule has 5 aromatic rings. The lowest BCUT2D eigenvalue weighted by Gasteiger charge is -2.42. The highest BCUT2D eigenvalue weighted by Crippen LogP contribution is 2.37. The fourth-order valence-corrected chi connectivity index (χ4v) is 8.25. The molecule has 2 saturated heterocycles. The summed E-state index contributed by atoms with van der Waals surface area (Å²) in [6.07, 6.45) is 15.5. The Balaban J connectivity index is 0.855. The largest absolute Gasteiger partial charge is 0.368 e. The first-order valence-corrected chi connectivity index (χ1v) is 19.7. The molecular formula is C40H45N15O2. The van der Waals surface area contributed by atoms with Gasteiger partial charge in [0.15, 0.2) is 11.5 Å². The lowest BCUT2D eigenvalue weighted by Crippen LogP contribution is -2.53. The van der Waals surface area contributed by atoms with E-state index < -0.39 is 12.1 Å². The Morgan fingerprint density at radius 3 is 2.58 bits per heavy atom. The van der Waals surface area contributed by atoms with Gasteiger partial charge in [0.25, 0.3) is 0 Å². The SMILES string of the molecule is CC[C@@H]1CN(CCC2CCC(c3cn(-c4cnc(-n5ncc6cc(C#N)cnc65)cc4NC(C)C#N)nn3)CC2)CCN1c1ccc(N2CCC(=O)NC2=O)cn1. The van der Waals surface area contributed by atoms with E-state index in [-0.39, 0.29) is 12.3 Å². The van der Waals surface area contributed by atoms with Crippen LogP contribution in [-0.2, 0) is 4.79 Å². The quantitative estimate of drug-likeness (QED) is 0.187. The van der Waals surface area contributed by atoms with Gasteiger partial charge < -0.3 is 10.2 Å². The van der Waals surface area contributed by atoms with Crippen molar-refractivity contribution < 1.29 is 9.59 Å². The molecule has 17 nitrogen and oxygen atoms in total. The van der Waals surface area contributed by atoms with Crippen molar-refractivity contribution in [1.29, 1.82) is 10.5 Å². The average Bonchev–Trinajstić information content (AvgIpc) is 3.91. The van der Waals surface area contributed by atoms with E-state index in [9.17, 15) is 20.1 Å². The van der Waals surface area contributed by atoms with E-state index in [0.29, 0.717) is 58.5 Å². The number of rotatable bonds is 11. The lowest BCUT2D eigenvalue weighted by atomic mass is 9.79. The molecule has 57 heavy (non-hydrogen) atoms. The van der Waals surface area contributed by atoms with Crippen LogP contribution in [0.25, 0.3) is 22.5 Å². The molecular weight excluding hydrogens is 723 g/mol. The van der Waals surface area contributed by atoms with Gasteiger partial charge in [-0.1, -0.05) is 12.1 Å². The molecule has 7 heterocycles. The summed E-state index contributed by atoms with van der Waals surface area (Å²) in [6, 6.07) is 11.3. The minimum absolute atomic E-state index is 0.245. The molecule has 17 heteroatoms. The topological polar surface area (TPSA) is 203 Å². The average molecular weight is 768 g/mol. The number of carbonyl (C=O) groups excluding carboxylic acids is 2. The van der Waals surface area contributed by atoms with Gasteiger partial charge in [0.2, 0.25) is 5.91 Å². The van der Waals surface area contributed by atoms with Gasteiger partial charge >= 0.3 is 6.03 Å². The van der Waals surface area contributed by atoms with Gasteiger partial charge in [-0.3, -0.25) is 19.9 Å². The number of hydrogen-bond donors (Lipinski definition) is 2. The monoisotopic (exact) mass is 767 g/mol. The minimum Gasteiger partial charge on any atom is -0.368 e. The predicted octanol–water partition coefficient (Wildman–Crippen LogP) is 4.70. The second kappa shape index (κ2) is 16.3. The molecule has 0 spiro atoms. The van der Waals surface area contributed by atoms with Gasteiger partial charge in [-0.2, -0.15) is 20.3 Å². The van der Waals surface area contributed by atoms with E-state index in [2.05, 4.69) is 64.9 Å². The van der Waals surface area contributed by atoms with Crippen LogP contribution in [-0.4, -0.2) is 101 Å². The first-order valence-electron chi connectivity index (χ1n) is 19.7. The second-order valence-electron chi connectivity index (χ2n) is 15.1. The van der Waals surface area contributed by atoms with E-state index >= 15 is 0 Å². The molecule has 3 aliphatic rings. The molecule has 2 atom stereocenters. The van der Waals surface area contributed by atoms with Crippen LogP contribution >= 0.6 is 0 Å². The highest BCUT2D eigenvalue weighted by atomic mass is 16.2. The molecule has 1 aliphatic carbocycles. The van der Waals surface area contributed by atoms with Crippen molar-refractivity contribution in [3.63, 3.8) is 0 Å². The molecule has 0 aromatic carbocycles. The van der Waals surface area contributed by atoms with Gasteiger partial charge in [0, 0.05) is 62.2 Å². The van der Waals surface area contributed by atoms with Crippen LogP contribution in [0.2, 0.25) is 0 Å². The fourth-order valence-electron chi connectivity index (χ4n) is 8.25. The maximum absolute atomic E-state index is 12.3. The van der Waals surface area contributed by atoms with Gasteiger partial charge in [0.1, 0.15) is 23.6 Å². The van der Waals surface area contributed by atoms with E-state index in [0.717, 1.165) is 75.2 Å². The van der Waals surface area contributed by atoms with E-state index in [1.807, 2.05) is 24.4 Å². The highest BCUT2D eigenvalue weighted by Gasteiger charge is 2.30. The fraction of sp³-hybridized carbons (Fsp3) is 0.450. The Hall–Kier alpha value is -6.46. The van der Waals surface area contributed by atoms with Crippen molar-refractivity contribution in [2.24, 2.45) is 5.92 Å². The Labute approximate surface area is 330 Å². The number of nitrogens with one attached hydrogen (secondary N) is 2. The number of anilines is 3. The third-order valence-corrected chi connectivity index (χ3v) is 11.5. The smallest absolute Gasteiger partial charge is 0.328 e. The Morgan fingerprint density at radius 2 is 1.82 bits per heavy atom. The van der Waals surface area contributed by atoms with Crippen molar-refractivity contribution in [3.8, 4) is 23.6 Å². The van der Waals surface area contributed by atoms with Crippen molar-refractivity contribution in [2.45, 2.75) is 76.8 Å². The van der Waals surface area contributed by atoms with Gasteiger partial charge in [-0.05, 0) is 76.1 Å². The molecule has 1 unspecified atom stereocenters. The number of pyridine rings is 3. The zero-order valence-corrected chi connectivity index (χ0v) is 32.1. The third kappa shape index (κ3) is 7.97. The van der Waals surface area contributed by atoms with Gasteiger partial charge in [-0.25, -0.2) is 24.4 Å². The number of amides is 3. The number of carbonyl (C=O) groups is 2. The molecule has 0 radical (unpaired) electrons. The summed E-state index contributed by atoms with van der Waals surface area (Å²) >= 11 is 0. The molecule has 5 aromatic heterocycles. The highest BCUT2D eigenvalue weighted by molar-refractivity contribution is 6.05. The summed E-state index contributed by atoms with van der Waals surface area (Å²) in [6.45, 7) is 8.33. The minimum atomic E-state index is -0.471. The number of hydrogen-bond acceptors (Lipinski definition) is 13. The zero-order chi connectivity index (χ0) is 39.5. The standard InChI is InChI=1S/C40H45N15O2/c1-3-31-24-51(14-15-52(31)36-9-8-32(22-43-36)53-13-11-38(56)48-40(53)57)12-10-27-4-6-29(7-5-27)34-25-54(50-49-34)35-23-44-37(17-33(35)47-26(2)18-41)55-39-30(21-46-55)16-28(19-42)20-45-39/h8-9,16-17,20-23,25-27,29,31H,3-7,10-15,24H2,1-2H3,(H,44,47)(H,48,56,57)/t26?,27?,29?,31-/m1/s1. The van der Waals surface area contributed by atoms with E-state index in [4.69, 9.17) is 4.98 Å². The molecule has 3 amide bonds. The number of fused-ring (bicyclic) bond motifs is 1. The summed E-state index contributed by atoms with van der Waals surface area (Å²) in [7, 11) is 0. The summed E-state index contributed by atoms with van der Waals surface area (Å²) in [5.41, 5.74) is 4.02. The predicted molar refractivity (Wildman–Crippen MR) is 212 cm³/mol. The van der Waals surface area contributed by atoms with Crippen LogP contribution in [0.4, 0.5) is 22.0 Å². The number of urea groups is 1. The first kappa shape index (κ1) is 37.5. The molecule has 292 valence electrons. The summed E-state index contributed by atoms with van der Waals surface area (Å²) < 4.78 is 3.34. The number of imide groups is 1. The number of nitriles is 2.